The molecule has 0 fully saturated rings. The lowest BCUT2D eigenvalue weighted by Gasteiger charge is -2.28. The molecule has 1 aromatic heterocycles. The second kappa shape index (κ2) is 6.05. The third-order valence-electron chi connectivity index (χ3n) is 3.15. The van der Waals surface area contributed by atoms with Gasteiger partial charge in [0, 0.05) is 7.11 Å². The van der Waals surface area contributed by atoms with E-state index in [9.17, 15) is 4.79 Å². The Balaban J connectivity index is 3.65. The number of hydrogen-bond donors (Lipinski definition) is 0. The van der Waals surface area contributed by atoms with E-state index >= 15 is 0 Å². The van der Waals surface area contributed by atoms with Gasteiger partial charge in [0.2, 0.25) is 5.88 Å². The van der Waals surface area contributed by atoms with Gasteiger partial charge in [0.15, 0.2) is 5.69 Å². The van der Waals surface area contributed by atoms with Crippen molar-refractivity contribution in [3.05, 3.63) is 29.5 Å². The molecule has 0 N–H and O–H groups in total. The summed E-state index contributed by atoms with van der Waals surface area (Å²) in [5, 5.41) is 0. The number of allylic oxidation sites excluding steroid dienone is 1. The van der Waals surface area contributed by atoms with Crippen LogP contribution in [0.25, 0.3) is 5.57 Å². The van der Waals surface area contributed by atoms with E-state index in [2.05, 4.69) is 11.6 Å². The molecule has 0 amide bonds. The summed E-state index contributed by atoms with van der Waals surface area (Å²) in [5.74, 6) is -0.190. The summed E-state index contributed by atoms with van der Waals surface area (Å²) in [7, 11) is 4.42. The number of pyridine rings is 1. The van der Waals surface area contributed by atoms with Gasteiger partial charge in [-0.3, -0.25) is 0 Å². The summed E-state index contributed by atoms with van der Waals surface area (Å²) < 4.78 is 15.5. The maximum atomic E-state index is 11.7. The van der Waals surface area contributed by atoms with E-state index in [-0.39, 0.29) is 5.69 Å². The average molecular weight is 279 g/mol. The van der Waals surface area contributed by atoms with Crippen molar-refractivity contribution in [1.29, 1.82) is 0 Å². The monoisotopic (exact) mass is 279 g/mol. The molecular weight excluding hydrogens is 258 g/mol. The zero-order valence-corrected chi connectivity index (χ0v) is 12.9. The van der Waals surface area contributed by atoms with Crippen molar-refractivity contribution in [2.45, 2.75) is 26.4 Å². The molecule has 5 heteroatoms. The minimum atomic E-state index is -0.624. The summed E-state index contributed by atoms with van der Waals surface area (Å²) in [6.07, 6.45) is 0. The van der Waals surface area contributed by atoms with Gasteiger partial charge in [-0.15, -0.1) is 0 Å². The summed E-state index contributed by atoms with van der Waals surface area (Å²) >= 11 is 0. The third kappa shape index (κ3) is 2.99. The van der Waals surface area contributed by atoms with Crippen LogP contribution in [0.5, 0.6) is 5.88 Å². The van der Waals surface area contributed by atoms with E-state index in [1.807, 2.05) is 20.8 Å². The normalized spacial score (nSPS) is 11.1. The van der Waals surface area contributed by atoms with Crippen LogP contribution in [0.15, 0.2) is 12.6 Å². The predicted molar refractivity (Wildman–Crippen MR) is 76.9 cm³/mol. The molecule has 0 bridgehead atoms. The second-order valence-corrected chi connectivity index (χ2v) is 4.93. The zero-order chi connectivity index (χ0) is 15.5. The van der Waals surface area contributed by atoms with Crippen molar-refractivity contribution in [3.63, 3.8) is 0 Å². The number of esters is 1. The highest BCUT2D eigenvalue weighted by Gasteiger charge is 2.30. The van der Waals surface area contributed by atoms with Crippen LogP contribution in [0, 0.1) is 0 Å². The van der Waals surface area contributed by atoms with Gasteiger partial charge in [-0.2, -0.15) is 0 Å². The highest BCUT2D eigenvalue weighted by Crippen LogP contribution is 2.37. The molecule has 0 aliphatic heterocycles. The van der Waals surface area contributed by atoms with Crippen molar-refractivity contribution in [3.8, 4) is 5.88 Å². The Hall–Kier alpha value is -1.88. The molecule has 110 valence electrons. The van der Waals surface area contributed by atoms with E-state index in [0.717, 1.165) is 16.7 Å². The molecule has 0 saturated heterocycles. The molecule has 0 spiro atoms. The smallest absolute Gasteiger partial charge is 0.356 e. The van der Waals surface area contributed by atoms with E-state index in [1.54, 1.807) is 13.2 Å². The van der Waals surface area contributed by atoms with Gasteiger partial charge in [-0.1, -0.05) is 12.2 Å². The minimum Gasteiger partial charge on any atom is -0.481 e. The summed E-state index contributed by atoms with van der Waals surface area (Å²) in [6, 6.07) is 1.65. The van der Waals surface area contributed by atoms with E-state index < -0.39 is 11.6 Å². The Morgan fingerprint density at radius 2 is 1.90 bits per heavy atom. The molecule has 0 aliphatic rings. The van der Waals surface area contributed by atoms with Gasteiger partial charge in [0.05, 0.1) is 25.4 Å². The predicted octanol–water partition coefficient (Wildman–Crippen LogP) is 2.79. The first kappa shape index (κ1) is 16.2. The van der Waals surface area contributed by atoms with Crippen LogP contribution >= 0.6 is 0 Å². The second-order valence-electron chi connectivity index (χ2n) is 4.93. The Morgan fingerprint density at radius 3 is 2.30 bits per heavy atom. The topological polar surface area (TPSA) is 57.7 Å². The molecule has 0 radical (unpaired) electrons. The molecule has 20 heavy (non-hydrogen) atoms. The van der Waals surface area contributed by atoms with Crippen molar-refractivity contribution in [1.82, 2.24) is 4.98 Å². The third-order valence-corrected chi connectivity index (χ3v) is 3.15. The number of hydrogen-bond acceptors (Lipinski definition) is 5. The fourth-order valence-corrected chi connectivity index (χ4v) is 1.90. The molecule has 1 rings (SSSR count). The van der Waals surface area contributed by atoms with Crippen molar-refractivity contribution < 1.29 is 19.0 Å². The number of ether oxygens (including phenoxy) is 3. The van der Waals surface area contributed by atoms with Gasteiger partial charge < -0.3 is 14.2 Å². The molecule has 5 nitrogen and oxygen atoms in total. The summed E-state index contributed by atoms with van der Waals surface area (Å²) in [6.45, 7) is 9.60. The van der Waals surface area contributed by atoms with Crippen molar-refractivity contribution >= 4 is 11.5 Å². The molecule has 0 atom stereocenters. The highest BCUT2D eigenvalue weighted by molar-refractivity contribution is 5.89. The first-order valence-corrected chi connectivity index (χ1v) is 6.17. The van der Waals surface area contributed by atoms with E-state index in [0.29, 0.717) is 5.88 Å². The van der Waals surface area contributed by atoms with Gasteiger partial charge in [-0.05, 0) is 32.4 Å². The molecule has 1 aromatic rings. The first-order valence-electron chi connectivity index (χ1n) is 6.17. The largest absolute Gasteiger partial charge is 0.481 e. The Kier molecular flexibility index (Phi) is 4.89. The summed E-state index contributed by atoms with van der Waals surface area (Å²) in [5.41, 5.74) is 1.86. The highest BCUT2D eigenvalue weighted by atomic mass is 16.5. The maximum Gasteiger partial charge on any atom is 0.356 e. The lowest BCUT2D eigenvalue weighted by Crippen LogP contribution is -2.24. The van der Waals surface area contributed by atoms with Crippen LogP contribution in [-0.2, 0) is 15.1 Å². The quantitative estimate of drug-likeness (QED) is 0.776. The molecule has 0 aromatic carbocycles. The number of carbonyl (C=O) groups is 1. The van der Waals surface area contributed by atoms with Gasteiger partial charge in [0.1, 0.15) is 0 Å². The molecule has 1 heterocycles. The van der Waals surface area contributed by atoms with Crippen LogP contribution in [0.3, 0.4) is 0 Å². The Morgan fingerprint density at radius 1 is 1.30 bits per heavy atom. The van der Waals surface area contributed by atoms with Crippen molar-refractivity contribution in [2.24, 2.45) is 0 Å². The zero-order valence-electron chi connectivity index (χ0n) is 12.9. The fourth-order valence-electron chi connectivity index (χ4n) is 1.90. The number of rotatable bonds is 5. The SMILES string of the molecule is C=C(C)c1cc(C(=O)OC)nc(OC)c1C(C)(C)OC. The number of nitrogens with zero attached hydrogens (tertiary/aromatic N) is 1. The Bertz CT molecular complexity index is 535. The van der Waals surface area contributed by atoms with Crippen molar-refractivity contribution in [2.75, 3.05) is 21.3 Å². The first-order chi connectivity index (χ1) is 9.28. The van der Waals surface area contributed by atoms with Crippen LogP contribution < -0.4 is 4.74 Å². The average Bonchev–Trinajstić information content (AvgIpc) is 2.44. The standard InChI is InChI=1S/C15H21NO4/c1-9(2)10-8-11(14(17)19-6)16-13(18-5)12(10)15(3,4)20-7/h8H,1H2,2-7H3. The van der Waals surface area contributed by atoms with Gasteiger partial charge in [-0.25, -0.2) is 9.78 Å². The van der Waals surface area contributed by atoms with Crippen LogP contribution in [0.2, 0.25) is 0 Å². The van der Waals surface area contributed by atoms with Crippen LogP contribution in [0.1, 0.15) is 42.4 Å². The van der Waals surface area contributed by atoms with Crippen LogP contribution in [0.4, 0.5) is 0 Å². The maximum absolute atomic E-state index is 11.7. The molecule has 0 saturated carbocycles. The number of aromatic nitrogens is 1. The Labute approximate surface area is 119 Å². The number of carbonyl (C=O) groups excluding carboxylic acids is 1. The molecule has 0 unspecified atom stereocenters. The lowest BCUT2D eigenvalue weighted by molar-refractivity contribution is 0.0164. The van der Waals surface area contributed by atoms with Gasteiger partial charge in [0.25, 0.3) is 0 Å². The minimum absolute atomic E-state index is 0.179. The van der Waals surface area contributed by atoms with E-state index in [1.165, 1.54) is 14.2 Å². The lowest BCUT2D eigenvalue weighted by atomic mass is 9.90. The molecular formula is C15H21NO4. The number of methoxy groups -OCH3 is 3. The van der Waals surface area contributed by atoms with Gasteiger partial charge >= 0.3 is 5.97 Å². The fraction of sp³-hybridized carbons (Fsp3) is 0.467. The van der Waals surface area contributed by atoms with Crippen LogP contribution in [-0.4, -0.2) is 32.3 Å². The summed E-state index contributed by atoms with van der Waals surface area (Å²) in [4.78, 5) is 15.9. The van der Waals surface area contributed by atoms with E-state index in [4.69, 9.17) is 14.2 Å². The molecule has 0 aliphatic carbocycles.